The topological polar surface area (TPSA) is 67.8 Å². The molecule has 7 heteroatoms. The monoisotopic (exact) mass is 333 g/mol. The van der Waals surface area contributed by atoms with Gasteiger partial charge >= 0.3 is 0 Å². The predicted octanol–water partition coefficient (Wildman–Crippen LogP) is 1.75. The summed E-state index contributed by atoms with van der Waals surface area (Å²) < 4.78 is 10.5. The number of halogens is 2. The zero-order valence-corrected chi connectivity index (χ0v) is 13.0. The highest BCUT2D eigenvalue weighted by Crippen LogP contribution is 2.21. The number of benzene rings is 1. The van der Waals surface area contributed by atoms with Crippen LogP contribution in [-0.2, 0) is 9.47 Å². The smallest absolute Gasteiger partial charge is 0.252 e. The van der Waals surface area contributed by atoms with Crippen molar-refractivity contribution in [1.29, 1.82) is 0 Å². The molecule has 1 heterocycles. The van der Waals surface area contributed by atoms with E-state index in [0.29, 0.717) is 23.8 Å². The number of carbonyl (C=O) groups excluding carboxylic acids is 1. The molecule has 116 valence electrons. The highest BCUT2D eigenvalue weighted by Gasteiger charge is 2.32. The van der Waals surface area contributed by atoms with Crippen molar-refractivity contribution >= 4 is 29.1 Å². The molecule has 1 amide bonds. The van der Waals surface area contributed by atoms with Crippen LogP contribution in [0.1, 0.15) is 10.4 Å². The Morgan fingerprint density at radius 2 is 2.24 bits per heavy atom. The third-order valence-corrected chi connectivity index (χ3v) is 4.03. The van der Waals surface area contributed by atoms with Crippen LogP contribution < -0.4 is 5.32 Å². The number of carbonyl (C=O) groups is 1. The van der Waals surface area contributed by atoms with Gasteiger partial charge in [0.25, 0.3) is 5.91 Å². The van der Waals surface area contributed by atoms with Gasteiger partial charge in [-0.1, -0.05) is 23.2 Å². The second-order valence-corrected chi connectivity index (χ2v) is 5.74. The Hall–Kier alpha value is -0.850. The summed E-state index contributed by atoms with van der Waals surface area (Å²) in [6.07, 6.45) is -1.05. The molecule has 1 aliphatic heterocycles. The molecule has 1 saturated heterocycles. The Balaban J connectivity index is 1.94. The first-order valence-corrected chi connectivity index (χ1v) is 7.30. The molecule has 0 radical (unpaired) electrons. The lowest BCUT2D eigenvalue weighted by atomic mass is 9.96. The molecule has 3 atom stereocenters. The van der Waals surface area contributed by atoms with Crippen LogP contribution in [0.2, 0.25) is 10.0 Å². The molecule has 1 aliphatic rings. The number of aliphatic hydroxyl groups excluding tert-OH is 1. The molecule has 0 bridgehead atoms. The maximum atomic E-state index is 12.1. The van der Waals surface area contributed by atoms with Gasteiger partial charge in [0.05, 0.1) is 29.9 Å². The maximum Gasteiger partial charge on any atom is 0.252 e. The summed E-state index contributed by atoms with van der Waals surface area (Å²) in [4.78, 5) is 12.1. The van der Waals surface area contributed by atoms with Crippen LogP contribution in [0.25, 0.3) is 0 Å². The first-order valence-electron chi connectivity index (χ1n) is 6.54. The molecule has 21 heavy (non-hydrogen) atoms. The Bertz CT molecular complexity index is 512. The van der Waals surface area contributed by atoms with Gasteiger partial charge in [-0.05, 0) is 18.2 Å². The summed E-state index contributed by atoms with van der Waals surface area (Å²) in [5, 5.41) is 13.6. The minimum Gasteiger partial charge on any atom is -0.390 e. The molecule has 0 aromatic heterocycles. The Morgan fingerprint density at radius 1 is 1.48 bits per heavy atom. The van der Waals surface area contributed by atoms with Gasteiger partial charge in [-0.25, -0.2) is 0 Å². The Labute approximate surface area is 133 Å². The summed E-state index contributed by atoms with van der Waals surface area (Å²) in [5.74, 6) is -0.540. The van der Waals surface area contributed by atoms with Gasteiger partial charge in [-0.2, -0.15) is 0 Å². The van der Waals surface area contributed by atoms with Crippen molar-refractivity contribution in [2.45, 2.75) is 12.2 Å². The SMILES string of the molecule is CO[C@@H]1COC[C@@H](CNC(=O)c2ccc(Cl)cc2Cl)[C@@H]1O. The molecule has 1 aromatic rings. The van der Waals surface area contributed by atoms with Crippen LogP contribution in [0.4, 0.5) is 0 Å². The summed E-state index contributed by atoms with van der Waals surface area (Å²) in [6, 6.07) is 4.67. The van der Waals surface area contributed by atoms with Crippen molar-refractivity contribution in [3.8, 4) is 0 Å². The molecule has 0 unspecified atom stereocenters. The molecule has 0 saturated carbocycles. The van der Waals surface area contributed by atoms with Crippen LogP contribution in [0.15, 0.2) is 18.2 Å². The summed E-state index contributed by atoms with van der Waals surface area (Å²) in [5.41, 5.74) is 0.343. The van der Waals surface area contributed by atoms with Crippen LogP contribution in [-0.4, -0.2) is 50.1 Å². The van der Waals surface area contributed by atoms with Crippen LogP contribution >= 0.6 is 23.2 Å². The standard InChI is InChI=1S/C14H17Cl2NO4/c1-20-12-7-21-6-8(13(12)18)5-17-14(19)10-3-2-9(15)4-11(10)16/h2-4,8,12-13,18H,5-7H2,1H3,(H,17,19)/t8-,12-,13+/m1/s1. The van der Waals surface area contributed by atoms with Crippen LogP contribution in [0.5, 0.6) is 0 Å². The van der Waals surface area contributed by atoms with Gasteiger partial charge in [-0.15, -0.1) is 0 Å². The number of ether oxygens (including phenoxy) is 2. The minimum absolute atomic E-state index is 0.223. The molecular weight excluding hydrogens is 317 g/mol. The van der Waals surface area contributed by atoms with E-state index in [2.05, 4.69) is 5.32 Å². The van der Waals surface area contributed by atoms with E-state index in [4.69, 9.17) is 32.7 Å². The molecule has 0 aliphatic carbocycles. The third-order valence-electron chi connectivity index (χ3n) is 3.48. The van der Waals surface area contributed by atoms with Gasteiger partial charge in [0.1, 0.15) is 6.10 Å². The number of aliphatic hydroxyl groups is 1. The molecular formula is C14H17Cl2NO4. The quantitative estimate of drug-likeness (QED) is 0.880. The van der Waals surface area contributed by atoms with E-state index in [1.807, 2.05) is 0 Å². The number of hydrogen-bond donors (Lipinski definition) is 2. The van der Waals surface area contributed by atoms with Gasteiger partial charge in [0.15, 0.2) is 0 Å². The minimum atomic E-state index is -0.676. The fourth-order valence-corrected chi connectivity index (χ4v) is 2.71. The molecule has 1 aromatic carbocycles. The summed E-state index contributed by atoms with van der Waals surface area (Å²) in [7, 11) is 1.52. The number of rotatable bonds is 4. The molecule has 0 spiro atoms. The van der Waals surface area contributed by atoms with E-state index in [9.17, 15) is 9.90 Å². The lowest BCUT2D eigenvalue weighted by molar-refractivity contribution is -0.132. The second kappa shape index (κ2) is 7.42. The zero-order chi connectivity index (χ0) is 15.4. The molecule has 5 nitrogen and oxygen atoms in total. The van der Waals surface area contributed by atoms with Crippen molar-refractivity contribution < 1.29 is 19.4 Å². The number of amides is 1. The lowest BCUT2D eigenvalue weighted by Gasteiger charge is -2.33. The normalized spacial score (nSPS) is 25.6. The van der Waals surface area contributed by atoms with E-state index < -0.39 is 6.10 Å². The highest BCUT2D eigenvalue weighted by molar-refractivity contribution is 6.36. The van der Waals surface area contributed by atoms with Gasteiger partial charge < -0.3 is 19.9 Å². The number of methoxy groups -OCH3 is 1. The highest BCUT2D eigenvalue weighted by atomic mass is 35.5. The largest absolute Gasteiger partial charge is 0.390 e. The second-order valence-electron chi connectivity index (χ2n) is 4.90. The van der Waals surface area contributed by atoms with E-state index in [0.717, 1.165) is 0 Å². The van der Waals surface area contributed by atoms with Gasteiger partial charge in [0, 0.05) is 24.6 Å². The van der Waals surface area contributed by atoms with Crippen LogP contribution in [0, 0.1) is 5.92 Å². The molecule has 2 rings (SSSR count). The van der Waals surface area contributed by atoms with Crippen LogP contribution in [0.3, 0.4) is 0 Å². The molecule has 2 N–H and O–H groups in total. The Morgan fingerprint density at radius 3 is 2.90 bits per heavy atom. The average Bonchev–Trinajstić information content (AvgIpc) is 2.46. The van der Waals surface area contributed by atoms with E-state index in [-0.39, 0.29) is 29.5 Å². The average molecular weight is 334 g/mol. The summed E-state index contributed by atoms with van der Waals surface area (Å²) >= 11 is 11.8. The van der Waals surface area contributed by atoms with E-state index in [1.54, 1.807) is 12.1 Å². The lowest BCUT2D eigenvalue weighted by Crippen LogP contribution is -2.49. The zero-order valence-electron chi connectivity index (χ0n) is 11.5. The third kappa shape index (κ3) is 4.08. The van der Waals surface area contributed by atoms with Crippen molar-refractivity contribution in [2.24, 2.45) is 5.92 Å². The van der Waals surface area contributed by atoms with Gasteiger partial charge in [0.2, 0.25) is 0 Å². The van der Waals surface area contributed by atoms with Crippen molar-refractivity contribution in [3.63, 3.8) is 0 Å². The number of nitrogens with one attached hydrogen (secondary N) is 1. The summed E-state index contributed by atoms with van der Waals surface area (Å²) in [6.45, 7) is 1.000. The Kier molecular flexibility index (Phi) is 5.84. The van der Waals surface area contributed by atoms with Gasteiger partial charge in [-0.3, -0.25) is 4.79 Å². The fourth-order valence-electron chi connectivity index (χ4n) is 2.22. The van der Waals surface area contributed by atoms with E-state index >= 15 is 0 Å². The van der Waals surface area contributed by atoms with Crippen molar-refractivity contribution in [2.75, 3.05) is 26.9 Å². The first kappa shape index (κ1) is 16.5. The first-order chi connectivity index (χ1) is 10.0. The fraction of sp³-hybridized carbons (Fsp3) is 0.500. The predicted molar refractivity (Wildman–Crippen MR) is 79.9 cm³/mol. The molecule has 1 fully saturated rings. The maximum absolute atomic E-state index is 12.1. The van der Waals surface area contributed by atoms with E-state index in [1.165, 1.54) is 13.2 Å². The van der Waals surface area contributed by atoms with Crippen molar-refractivity contribution in [1.82, 2.24) is 5.32 Å². The number of hydrogen-bond acceptors (Lipinski definition) is 4. The van der Waals surface area contributed by atoms with Crippen molar-refractivity contribution in [3.05, 3.63) is 33.8 Å².